The summed E-state index contributed by atoms with van der Waals surface area (Å²) in [5, 5.41) is 0.780. The fraction of sp³-hybridized carbons (Fsp3) is 0.379. The third kappa shape index (κ3) is 5.78. The Morgan fingerprint density at radius 1 is 0.875 bits per heavy atom. The molecule has 0 heterocycles. The molecule has 0 radical (unpaired) electrons. The Balaban J connectivity index is 1.31. The first kappa shape index (κ1) is 23.0. The number of hydrogen-bond donors (Lipinski definition) is 0. The van der Waals surface area contributed by atoms with Gasteiger partial charge in [-0.15, -0.1) is 0 Å². The van der Waals surface area contributed by atoms with Crippen LogP contribution < -0.4 is 0 Å². The molecule has 4 rings (SSSR count). The van der Waals surface area contributed by atoms with Gasteiger partial charge in [0, 0.05) is 10.6 Å². The minimum absolute atomic E-state index is 0.0712. The van der Waals surface area contributed by atoms with Gasteiger partial charge in [0.2, 0.25) is 0 Å². The van der Waals surface area contributed by atoms with Crippen LogP contribution in [-0.2, 0) is 12.8 Å². The fourth-order valence-electron chi connectivity index (χ4n) is 5.09. The van der Waals surface area contributed by atoms with Gasteiger partial charge in [0.1, 0.15) is 11.6 Å². The lowest BCUT2D eigenvalue weighted by atomic mass is 9.77. The normalized spacial score (nSPS) is 19.6. The van der Waals surface area contributed by atoms with E-state index in [1.807, 2.05) is 49.4 Å². The van der Waals surface area contributed by atoms with Crippen molar-refractivity contribution in [3.05, 3.63) is 106 Å². The molecule has 0 unspecified atom stereocenters. The van der Waals surface area contributed by atoms with Gasteiger partial charge in [-0.1, -0.05) is 61.0 Å². The van der Waals surface area contributed by atoms with Crippen LogP contribution in [0, 0.1) is 17.6 Å². The highest BCUT2D eigenvalue weighted by Crippen LogP contribution is 2.38. The molecule has 0 aromatic heterocycles. The van der Waals surface area contributed by atoms with E-state index in [0.29, 0.717) is 18.3 Å². The van der Waals surface area contributed by atoms with Crippen LogP contribution in [0.5, 0.6) is 0 Å². The summed E-state index contributed by atoms with van der Waals surface area (Å²) in [5.74, 6) is 0.483. The van der Waals surface area contributed by atoms with Crippen LogP contribution in [0.4, 0.5) is 8.78 Å². The van der Waals surface area contributed by atoms with Gasteiger partial charge in [-0.2, -0.15) is 0 Å². The van der Waals surface area contributed by atoms with E-state index in [0.717, 1.165) is 29.0 Å². The number of hydrogen-bond acceptors (Lipinski definition) is 0. The average molecular weight is 453 g/mol. The third-order valence-corrected chi connectivity index (χ3v) is 7.36. The van der Waals surface area contributed by atoms with Crippen molar-refractivity contribution in [2.75, 3.05) is 0 Å². The second-order valence-corrected chi connectivity index (χ2v) is 9.80. The van der Waals surface area contributed by atoms with Gasteiger partial charge in [0.05, 0.1) is 0 Å². The first-order valence-corrected chi connectivity index (χ1v) is 12.1. The molecular weight excluding hydrogens is 422 g/mol. The standard InChI is InChI=1S/C29H31ClF2/c1-20(23-5-3-2-4-6-23)17-27-28(31)18-22(19-29(27)32)8-7-21-9-11-24(12-10-21)25-13-15-26(30)16-14-25/h2-6,13-16,18-21,24H,7-12,17H2,1H3/t20-,21?,24?/m0/s1. The molecule has 0 amide bonds. The summed E-state index contributed by atoms with van der Waals surface area (Å²) in [5.41, 5.74) is 3.45. The Labute approximate surface area is 195 Å². The highest BCUT2D eigenvalue weighted by Gasteiger charge is 2.23. The molecule has 3 aromatic carbocycles. The lowest BCUT2D eigenvalue weighted by Gasteiger charge is -2.29. The Bertz CT molecular complexity index is 982. The highest BCUT2D eigenvalue weighted by molar-refractivity contribution is 6.30. The summed E-state index contributed by atoms with van der Waals surface area (Å²) in [6, 6.07) is 21.2. The number of rotatable bonds is 7. The Morgan fingerprint density at radius 2 is 1.50 bits per heavy atom. The van der Waals surface area contributed by atoms with Crippen LogP contribution in [0.3, 0.4) is 0 Å². The molecule has 0 N–H and O–H groups in total. The maximum atomic E-state index is 14.8. The topological polar surface area (TPSA) is 0 Å². The van der Waals surface area contributed by atoms with E-state index in [-0.39, 0.29) is 11.5 Å². The Hall–Kier alpha value is -2.19. The van der Waals surface area contributed by atoms with E-state index >= 15 is 0 Å². The van der Waals surface area contributed by atoms with Crippen molar-refractivity contribution in [1.82, 2.24) is 0 Å². The third-order valence-electron chi connectivity index (χ3n) is 7.11. The molecule has 0 saturated heterocycles. The molecule has 1 aliphatic rings. The molecule has 0 nitrogen and oxygen atoms in total. The average Bonchev–Trinajstić information content (AvgIpc) is 2.81. The van der Waals surface area contributed by atoms with Crippen LogP contribution >= 0.6 is 11.6 Å². The van der Waals surface area contributed by atoms with Gasteiger partial charge >= 0.3 is 0 Å². The smallest absolute Gasteiger partial charge is 0.129 e. The maximum absolute atomic E-state index is 14.8. The second-order valence-electron chi connectivity index (χ2n) is 9.36. The van der Waals surface area contributed by atoms with Gasteiger partial charge in [-0.25, -0.2) is 8.78 Å². The van der Waals surface area contributed by atoms with Gasteiger partial charge in [0.15, 0.2) is 0 Å². The number of benzene rings is 3. The molecule has 1 fully saturated rings. The fourth-order valence-corrected chi connectivity index (χ4v) is 5.22. The van der Waals surface area contributed by atoms with E-state index in [4.69, 9.17) is 11.6 Å². The van der Waals surface area contributed by atoms with E-state index in [9.17, 15) is 8.78 Å². The molecule has 3 aromatic rings. The monoisotopic (exact) mass is 452 g/mol. The van der Waals surface area contributed by atoms with Crippen LogP contribution in [-0.4, -0.2) is 0 Å². The predicted molar refractivity (Wildman–Crippen MR) is 129 cm³/mol. The minimum Gasteiger partial charge on any atom is -0.207 e. The van der Waals surface area contributed by atoms with Crippen molar-refractivity contribution in [2.45, 2.75) is 63.7 Å². The van der Waals surface area contributed by atoms with Crippen molar-refractivity contribution >= 4 is 11.6 Å². The Morgan fingerprint density at radius 3 is 2.12 bits per heavy atom. The minimum atomic E-state index is -0.408. The largest absolute Gasteiger partial charge is 0.207 e. The van der Waals surface area contributed by atoms with Gasteiger partial charge in [0.25, 0.3) is 0 Å². The van der Waals surface area contributed by atoms with Crippen molar-refractivity contribution in [1.29, 1.82) is 0 Å². The summed E-state index contributed by atoms with van der Waals surface area (Å²) in [6.07, 6.45) is 6.79. The lowest BCUT2D eigenvalue weighted by molar-refractivity contribution is 0.310. The quantitative estimate of drug-likeness (QED) is 0.335. The van der Waals surface area contributed by atoms with Crippen molar-refractivity contribution in [3.8, 4) is 0 Å². The number of aryl methyl sites for hydroxylation is 1. The Kier molecular flexibility index (Phi) is 7.63. The summed E-state index contributed by atoms with van der Waals surface area (Å²) in [6.45, 7) is 2.02. The molecule has 1 atom stereocenters. The SMILES string of the molecule is C[C@@H](Cc1c(F)cc(CCC2CCC(c3ccc(Cl)cc3)CC2)cc1F)c1ccccc1. The molecule has 0 spiro atoms. The van der Waals surface area contributed by atoms with Crippen molar-refractivity contribution in [2.24, 2.45) is 5.92 Å². The van der Waals surface area contributed by atoms with Crippen LogP contribution in [0.2, 0.25) is 5.02 Å². The number of halogens is 3. The van der Waals surface area contributed by atoms with E-state index in [1.165, 1.54) is 31.2 Å². The van der Waals surface area contributed by atoms with Crippen LogP contribution in [0.25, 0.3) is 0 Å². The first-order chi connectivity index (χ1) is 15.5. The zero-order chi connectivity index (χ0) is 22.5. The molecule has 3 heteroatoms. The van der Waals surface area contributed by atoms with Crippen molar-refractivity contribution in [3.63, 3.8) is 0 Å². The molecule has 1 aliphatic carbocycles. The molecule has 1 saturated carbocycles. The van der Waals surface area contributed by atoms with E-state index in [2.05, 4.69) is 12.1 Å². The lowest BCUT2D eigenvalue weighted by Crippen LogP contribution is -2.14. The molecular formula is C29H31ClF2. The molecule has 0 bridgehead atoms. The summed E-state index contributed by atoms with van der Waals surface area (Å²) in [7, 11) is 0. The van der Waals surface area contributed by atoms with Crippen LogP contribution in [0.1, 0.15) is 73.1 Å². The summed E-state index contributed by atoms with van der Waals surface area (Å²) >= 11 is 6.00. The zero-order valence-electron chi connectivity index (χ0n) is 18.7. The molecule has 168 valence electrons. The van der Waals surface area contributed by atoms with E-state index in [1.54, 1.807) is 12.1 Å². The molecule has 0 aliphatic heterocycles. The van der Waals surface area contributed by atoms with Gasteiger partial charge in [-0.3, -0.25) is 0 Å². The summed E-state index contributed by atoms with van der Waals surface area (Å²) in [4.78, 5) is 0. The zero-order valence-corrected chi connectivity index (χ0v) is 19.4. The van der Waals surface area contributed by atoms with Crippen LogP contribution in [0.15, 0.2) is 66.7 Å². The van der Waals surface area contributed by atoms with Gasteiger partial charge < -0.3 is 0 Å². The van der Waals surface area contributed by atoms with Crippen molar-refractivity contribution < 1.29 is 8.78 Å². The molecule has 32 heavy (non-hydrogen) atoms. The summed E-state index contributed by atoms with van der Waals surface area (Å²) < 4.78 is 29.5. The predicted octanol–water partition coefficient (Wildman–Crippen LogP) is 8.87. The maximum Gasteiger partial charge on any atom is 0.129 e. The van der Waals surface area contributed by atoms with E-state index < -0.39 is 11.6 Å². The second kappa shape index (κ2) is 10.6. The van der Waals surface area contributed by atoms with Gasteiger partial charge in [-0.05, 0) is 104 Å². The highest BCUT2D eigenvalue weighted by atomic mass is 35.5. The first-order valence-electron chi connectivity index (χ1n) is 11.8.